The minimum absolute atomic E-state index is 0.0264. The number of aromatic nitrogens is 1. The van der Waals surface area contributed by atoms with Crippen molar-refractivity contribution in [3.8, 4) is 11.5 Å². The van der Waals surface area contributed by atoms with Crippen LogP contribution in [-0.4, -0.2) is 32.5 Å². The second-order valence-electron chi connectivity index (χ2n) is 4.61. The van der Waals surface area contributed by atoms with E-state index in [0.717, 1.165) is 26.7 Å². The van der Waals surface area contributed by atoms with E-state index in [2.05, 4.69) is 0 Å². The molecular weight excluding hydrogens is 333 g/mol. The van der Waals surface area contributed by atoms with E-state index in [0.29, 0.717) is 6.54 Å². The molecule has 0 amide bonds. The second kappa shape index (κ2) is 5.80. The monoisotopic (exact) mass is 349 g/mol. The molecule has 0 aliphatic rings. The van der Waals surface area contributed by atoms with Gasteiger partial charge in [0.2, 0.25) is 0 Å². The third kappa shape index (κ3) is 2.62. The van der Waals surface area contributed by atoms with Crippen molar-refractivity contribution in [3.63, 3.8) is 0 Å². The fourth-order valence-corrected chi connectivity index (χ4v) is 4.39. The zero-order valence-corrected chi connectivity index (χ0v) is 13.5. The van der Waals surface area contributed by atoms with Gasteiger partial charge in [-0.25, -0.2) is 0 Å². The fourth-order valence-electron chi connectivity index (χ4n) is 2.26. The van der Waals surface area contributed by atoms with Crippen LogP contribution in [0.1, 0.15) is 5.56 Å². The van der Waals surface area contributed by atoms with Crippen molar-refractivity contribution < 1.29 is 9.47 Å². The third-order valence-corrected chi connectivity index (χ3v) is 5.60. The molecule has 5 heteroatoms. The first kappa shape index (κ1) is 14.0. The van der Waals surface area contributed by atoms with E-state index in [9.17, 15) is 4.79 Å². The molecule has 1 heterocycles. The van der Waals surface area contributed by atoms with Crippen molar-refractivity contribution in [2.75, 3.05) is 14.2 Å². The van der Waals surface area contributed by atoms with Gasteiger partial charge >= 0.3 is 128 Å². The van der Waals surface area contributed by atoms with Gasteiger partial charge in [-0.05, 0) is 0 Å². The van der Waals surface area contributed by atoms with Gasteiger partial charge < -0.3 is 0 Å². The summed E-state index contributed by atoms with van der Waals surface area (Å²) in [5.74, 6) is 1.49. The third-order valence-electron chi connectivity index (χ3n) is 3.36. The molecule has 0 N–H and O–H groups in total. The number of hydrogen-bond donors (Lipinski definition) is 0. The maximum absolute atomic E-state index is 12.4. The first-order valence-corrected chi connectivity index (χ1v) is 8.15. The molecule has 0 unspecified atom stereocenters. The van der Waals surface area contributed by atoms with Gasteiger partial charge in [0.05, 0.1) is 0 Å². The normalized spacial score (nSPS) is 10.8. The van der Waals surface area contributed by atoms with Crippen molar-refractivity contribution in [3.05, 3.63) is 58.4 Å². The maximum atomic E-state index is 12.4. The molecule has 108 valence electrons. The van der Waals surface area contributed by atoms with Crippen LogP contribution in [0.4, 0.5) is 0 Å². The molecule has 0 fully saturated rings. The van der Waals surface area contributed by atoms with Gasteiger partial charge in [0.25, 0.3) is 0 Å². The van der Waals surface area contributed by atoms with Gasteiger partial charge in [-0.3, -0.25) is 0 Å². The summed E-state index contributed by atoms with van der Waals surface area (Å²) >= 11 is 0.0264. The van der Waals surface area contributed by atoms with Gasteiger partial charge in [-0.15, -0.1) is 0 Å². The van der Waals surface area contributed by atoms with Gasteiger partial charge in [-0.1, -0.05) is 0 Å². The standard InChI is InChI=1S/C16H15NO3Se/c1-19-12-8-7-11(14(9-12)20-2)10-17-16(18)13-5-3-4-6-15(13)21-17/h3-9H,10H2,1-2H3. The number of fused-ring (bicyclic) bond motifs is 1. The molecule has 0 aliphatic heterocycles. The summed E-state index contributed by atoms with van der Waals surface area (Å²) in [6, 6.07) is 13.5. The molecule has 0 spiro atoms. The molecule has 0 bridgehead atoms. The summed E-state index contributed by atoms with van der Waals surface area (Å²) in [5.41, 5.74) is 1.09. The number of ether oxygens (including phenoxy) is 2. The second-order valence-corrected chi connectivity index (χ2v) is 6.84. The van der Waals surface area contributed by atoms with E-state index in [1.807, 2.05) is 46.0 Å². The minimum atomic E-state index is 0.0264. The first-order chi connectivity index (χ1) is 10.2. The number of benzene rings is 2. The molecule has 0 saturated heterocycles. The molecule has 0 atom stereocenters. The van der Waals surface area contributed by atoms with E-state index in [1.165, 1.54) is 0 Å². The predicted octanol–water partition coefficient (Wildman–Crippen LogP) is 2.12. The number of rotatable bonds is 4. The first-order valence-electron chi connectivity index (χ1n) is 6.52. The van der Waals surface area contributed by atoms with Crippen LogP contribution in [0.5, 0.6) is 11.5 Å². The molecule has 3 aromatic rings. The van der Waals surface area contributed by atoms with E-state index in [4.69, 9.17) is 9.47 Å². The topological polar surface area (TPSA) is 40.5 Å². The van der Waals surface area contributed by atoms with Crippen LogP contribution in [0, 0.1) is 0 Å². The molecular formula is C16H15NO3Se. The Bertz CT molecular complexity index is 835. The van der Waals surface area contributed by atoms with E-state index in [-0.39, 0.29) is 20.3 Å². The van der Waals surface area contributed by atoms with Crippen molar-refractivity contribution >= 4 is 24.4 Å². The van der Waals surface area contributed by atoms with Crippen LogP contribution in [0.25, 0.3) is 9.65 Å². The average Bonchev–Trinajstić information content (AvgIpc) is 2.84. The summed E-state index contributed by atoms with van der Waals surface area (Å²) in [5, 5.41) is 0.824. The van der Waals surface area contributed by atoms with Gasteiger partial charge in [0, 0.05) is 0 Å². The van der Waals surface area contributed by atoms with Crippen molar-refractivity contribution in [1.82, 2.24) is 3.56 Å². The molecule has 0 aliphatic carbocycles. The van der Waals surface area contributed by atoms with Crippen LogP contribution in [0.2, 0.25) is 0 Å². The number of hydrogen-bond acceptors (Lipinski definition) is 3. The zero-order chi connectivity index (χ0) is 14.8. The molecule has 4 nitrogen and oxygen atoms in total. The Labute approximate surface area is 128 Å². The fraction of sp³-hybridized carbons (Fsp3) is 0.188. The van der Waals surface area contributed by atoms with Crippen LogP contribution < -0.4 is 15.0 Å². The van der Waals surface area contributed by atoms with E-state index < -0.39 is 0 Å². The van der Waals surface area contributed by atoms with Crippen LogP contribution in [-0.2, 0) is 6.54 Å². The summed E-state index contributed by atoms with van der Waals surface area (Å²) in [6.07, 6.45) is 0. The molecule has 3 rings (SSSR count). The molecule has 21 heavy (non-hydrogen) atoms. The molecule has 0 radical (unpaired) electrons. The number of methoxy groups -OCH3 is 2. The Kier molecular flexibility index (Phi) is 3.86. The molecule has 0 saturated carbocycles. The molecule has 2 aromatic carbocycles. The van der Waals surface area contributed by atoms with E-state index >= 15 is 0 Å². The quantitative estimate of drug-likeness (QED) is 0.678. The van der Waals surface area contributed by atoms with E-state index in [1.54, 1.807) is 14.2 Å². The summed E-state index contributed by atoms with van der Waals surface area (Å²) < 4.78 is 13.6. The predicted molar refractivity (Wildman–Crippen MR) is 83.8 cm³/mol. The van der Waals surface area contributed by atoms with Gasteiger partial charge in [0.1, 0.15) is 0 Å². The Balaban J connectivity index is 2.02. The van der Waals surface area contributed by atoms with Crippen LogP contribution in [0.15, 0.2) is 47.3 Å². The van der Waals surface area contributed by atoms with Crippen molar-refractivity contribution in [1.29, 1.82) is 0 Å². The van der Waals surface area contributed by atoms with Crippen LogP contribution >= 0.6 is 0 Å². The van der Waals surface area contributed by atoms with Crippen molar-refractivity contribution in [2.45, 2.75) is 6.54 Å². The van der Waals surface area contributed by atoms with Gasteiger partial charge in [0.15, 0.2) is 0 Å². The average molecular weight is 348 g/mol. The number of nitrogens with zero attached hydrogens (tertiary/aromatic N) is 1. The van der Waals surface area contributed by atoms with Gasteiger partial charge in [-0.2, -0.15) is 0 Å². The Morgan fingerprint density at radius 3 is 2.62 bits per heavy atom. The summed E-state index contributed by atoms with van der Waals surface area (Å²) in [6.45, 7) is 0.556. The van der Waals surface area contributed by atoms with Crippen molar-refractivity contribution in [2.24, 2.45) is 0 Å². The Morgan fingerprint density at radius 1 is 1.10 bits per heavy atom. The Morgan fingerprint density at radius 2 is 1.90 bits per heavy atom. The Hall–Kier alpha value is -1.97. The summed E-state index contributed by atoms with van der Waals surface area (Å²) in [4.78, 5) is 12.4. The molecule has 1 aromatic heterocycles. The SMILES string of the molecule is COc1ccc(Cn2[se]c3ccccc3c2=O)c(OC)c1. The summed E-state index contributed by atoms with van der Waals surface area (Å²) in [7, 11) is 3.25. The van der Waals surface area contributed by atoms with Crippen LogP contribution in [0.3, 0.4) is 0 Å². The zero-order valence-electron chi connectivity index (χ0n) is 11.8.